The highest BCUT2D eigenvalue weighted by Gasteiger charge is 2.18. The molecule has 0 saturated carbocycles. The minimum atomic E-state index is 0.102. The van der Waals surface area contributed by atoms with Crippen molar-refractivity contribution in [1.29, 1.82) is 0 Å². The molecule has 0 fully saturated rings. The maximum atomic E-state index is 11.7. The third-order valence-electron chi connectivity index (χ3n) is 3.80. The smallest absolute Gasteiger partial charge is 0.221 e. The van der Waals surface area contributed by atoms with Crippen LogP contribution in [-0.2, 0) is 4.79 Å². The van der Waals surface area contributed by atoms with Crippen LogP contribution in [0.2, 0.25) is 0 Å². The highest BCUT2D eigenvalue weighted by atomic mass is 16.1. The zero-order valence-corrected chi connectivity index (χ0v) is 13.8. The quantitative estimate of drug-likeness (QED) is 0.559. The van der Waals surface area contributed by atoms with Gasteiger partial charge >= 0.3 is 0 Å². The highest BCUT2D eigenvalue weighted by molar-refractivity contribution is 5.76. The zero-order chi connectivity index (χ0) is 15.4. The van der Waals surface area contributed by atoms with E-state index < -0.39 is 0 Å². The van der Waals surface area contributed by atoms with Gasteiger partial charge in [0.25, 0.3) is 0 Å². The van der Waals surface area contributed by atoms with Crippen LogP contribution in [0.3, 0.4) is 0 Å². The molecule has 3 N–H and O–H groups in total. The van der Waals surface area contributed by atoms with Crippen LogP contribution in [0.1, 0.15) is 40.5 Å². The van der Waals surface area contributed by atoms with E-state index in [4.69, 9.17) is 5.73 Å². The summed E-state index contributed by atoms with van der Waals surface area (Å²) in [5, 5.41) is 2.85. The lowest BCUT2D eigenvalue weighted by atomic mass is 10.1. The lowest BCUT2D eigenvalue weighted by Crippen LogP contribution is -2.45. The highest BCUT2D eigenvalue weighted by Crippen LogP contribution is 2.05. The van der Waals surface area contributed by atoms with Crippen LogP contribution < -0.4 is 11.1 Å². The van der Waals surface area contributed by atoms with Gasteiger partial charge in [-0.25, -0.2) is 0 Å². The molecule has 1 unspecified atom stereocenters. The number of nitrogens with zero attached hydrogens (tertiary/aromatic N) is 2. The van der Waals surface area contributed by atoms with Crippen molar-refractivity contribution in [3.05, 3.63) is 0 Å². The van der Waals surface area contributed by atoms with E-state index in [0.717, 1.165) is 39.1 Å². The van der Waals surface area contributed by atoms with Crippen LogP contribution in [0, 0.1) is 0 Å². The average molecular weight is 286 g/mol. The molecule has 0 aliphatic heterocycles. The Morgan fingerprint density at radius 3 is 2.20 bits per heavy atom. The van der Waals surface area contributed by atoms with Crippen molar-refractivity contribution in [3.63, 3.8) is 0 Å². The topological polar surface area (TPSA) is 61.6 Å². The molecule has 0 rings (SSSR count). The fourth-order valence-corrected chi connectivity index (χ4v) is 2.48. The monoisotopic (exact) mass is 286 g/mol. The van der Waals surface area contributed by atoms with E-state index in [9.17, 15) is 4.79 Å². The molecular weight excluding hydrogens is 252 g/mol. The predicted molar refractivity (Wildman–Crippen MR) is 85.8 cm³/mol. The van der Waals surface area contributed by atoms with Gasteiger partial charge in [-0.05, 0) is 46.1 Å². The van der Waals surface area contributed by atoms with Gasteiger partial charge in [0.2, 0.25) is 5.91 Å². The van der Waals surface area contributed by atoms with Crippen molar-refractivity contribution in [2.75, 3.05) is 45.8 Å². The molecular formula is C15H34N4O. The lowest BCUT2D eigenvalue weighted by Gasteiger charge is -2.30. The first-order chi connectivity index (χ1) is 9.62. The van der Waals surface area contributed by atoms with Crippen molar-refractivity contribution in [2.24, 2.45) is 5.73 Å². The van der Waals surface area contributed by atoms with Crippen LogP contribution in [0.5, 0.6) is 0 Å². The first kappa shape index (κ1) is 19.4. The molecule has 0 aromatic carbocycles. The second-order valence-electron chi connectivity index (χ2n) is 5.06. The third kappa shape index (κ3) is 7.82. The molecule has 5 nitrogen and oxygen atoms in total. The molecule has 0 bridgehead atoms. The molecule has 0 aliphatic carbocycles. The van der Waals surface area contributed by atoms with Gasteiger partial charge in [0, 0.05) is 25.6 Å². The standard InChI is InChI=1S/C15H34N4O/c1-5-17-15(20)12-14(13-16)19(8-4)11-9-10-18(6-2)7-3/h14H,5-13,16H2,1-4H3,(H,17,20). The maximum Gasteiger partial charge on any atom is 0.221 e. The summed E-state index contributed by atoms with van der Waals surface area (Å²) in [6.07, 6.45) is 1.63. The summed E-state index contributed by atoms with van der Waals surface area (Å²) in [6.45, 7) is 15.0. The van der Waals surface area contributed by atoms with Gasteiger partial charge in [-0.3, -0.25) is 9.69 Å². The van der Waals surface area contributed by atoms with Crippen LogP contribution >= 0.6 is 0 Å². The van der Waals surface area contributed by atoms with E-state index >= 15 is 0 Å². The molecule has 0 spiro atoms. The molecule has 0 aromatic rings. The first-order valence-electron chi connectivity index (χ1n) is 8.05. The van der Waals surface area contributed by atoms with E-state index in [1.807, 2.05) is 6.92 Å². The Balaban J connectivity index is 4.21. The number of hydrogen-bond acceptors (Lipinski definition) is 4. The number of carbonyl (C=O) groups is 1. The van der Waals surface area contributed by atoms with Crippen LogP contribution in [0.15, 0.2) is 0 Å². The number of nitrogens with two attached hydrogens (primary N) is 1. The van der Waals surface area contributed by atoms with Gasteiger partial charge < -0.3 is 16.0 Å². The molecule has 120 valence electrons. The van der Waals surface area contributed by atoms with Crippen LogP contribution in [0.25, 0.3) is 0 Å². The maximum absolute atomic E-state index is 11.7. The van der Waals surface area contributed by atoms with Crippen molar-refractivity contribution >= 4 is 5.91 Å². The van der Waals surface area contributed by atoms with Crippen molar-refractivity contribution in [3.8, 4) is 0 Å². The number of rotatable bonds is 12. The van der Waals surface area contributed by atoms with Gasteiger partial charge in [-0.1, -0.05) is 20.8 Å². The molecule has 0 saturated heterocycles. The molecule has 0 heterocycles. The average Bonchev–Trinajstić information content (AvgIpc) is 2.46. The van der Waals surface area contributed by atoms with Crippen molar-refractivity contribution < 1.29 is 4.79 Å². The fourth-order valence-electron chi connectivity index (χ4n) is 2.48. The summed E-state index contributed by atoms with van der Waals surface area (Å²) in [5.41, 5.74) is 5.85. The predicted octanol–water partition coefficient (Wildman–Crippen LogP) is 0.894. The summed E-state index contributed by atoms with van der Waals surface area (Å²) in [7, 11) is 0. The molecule has 1 amide bonds. The molecule has 0 aliphatic rings. The van der Waals surface area contributed by atoms with Gasteiger partial charge in [0.1, 0.15) is 0 Å². The third-order valence-corrected chi connectivity index (χ3v) is 3.80. The SMILES string of the molecule is CCNC(=O)CC(CN)N(CC)CCCN(CC)CC. The second kappa shape index (κ2) is 12.1. The number of amides is 1. The van der Waals surface area contributed by atoms with E-state index in [-0.39, 0.29) is 11.9 Å². The molecule has 5 heteroatoms. The summed E-state index contributed by atoms with van der Waals surface area (Å²) in [4.78, 5) is 16.5. The number of nitrogens with one attached hydrogen (secondary N) is 1. The Morgan fingerprint density at radius 1 is 1.10 bits per heavy atom. The Kier molecular flexibility index (Phi) is 11.7. The Bertz CT molecular complexity index is 244. The van der Waals surface area contributed by atoms with Gasteiger partial charge in [0.15, 0.2) is 0 Å². The fraction of sp³-hybridized carbons (Fsp3) is 0.933. The van der Waals surface area contributed by atoms with Crippen molar-refractivity contribution in [2.45, 2.75) is 46.6 Å². The minimum Gasteiger partial charge on any atom is -0.356 e. The molecule has 0 radical (unpaired) electrons. The Morgan fingerprint density at radius 2 is 1.75 bits per heavy atom. The van der Waals surface area contributed by atoms with Gasteiger partial charge in [-0.15, -0.1) is 0 Å². The molecule has 1 atom stereocenters. The minimum absolute atomic E-state index is 0.102. The number of hydrogen-bond donors (Lipinski definition) is 2. The Hall–Kier alpha value is -0.650. The van der Waals surface area contributed by atoms with Crippen LogP contribution in [0.4, 0.5) is 0 Å². The second-order valence-corrected chi connectivity index (χ2v) is 5.06. The summed E-state index contributed by atoms with van der Waals surface area (Å²) < 4.78 is 0. The zero-order valence-electron chi connectivity index (χ0n) is 13.8. The van der Waals surface area contributed by atoms with E-state index in [1.54, 1.807) is 0 Å². The largest absolute Gasteiger partial charge is 0.356 e. The van der Waals surface area contributed by atoms with E-state index in [0.29, 0.717) is 19.5 Å². The first-order valence-corrected chi connectivity index (χ1v) is 8.05. The molecule has 20 heavy (non-hydrogen) atoms. The van der Waals surface area contributed by atoms with Gasteiger partial charge in [-0.2, -0.15) is 0 Å². The van der Waals surface area contributed by atoms with Crippen molar-refractivity contribution in [1.82, 2.24) is 15.1 Å². The summed E-state index contributed by atoms with van der Waals surface area (Å²) in [6, 6.07) is 0.156. The normalized spacial score (nSPS) is 12.9. The molecule has 0 aromatic heterocycles. The number of likely N-dealkylation sites (N-methyl/N-ethyl adjacent to an activating group) is 1. The van der Waals surface area contributed by atoms with E-state index in [1.165, 1.54) is 0 Å². The van der Waals surface area contributed by atoms with Crippen LogP contribution in [-0.4, -0.2) is 67.6 Å². The van der Waals surface area contributed by atoms with Gasteiger partial charge in [0.05, 0.1) is 0 Å². The van der Waals surface area contributed by atoms with E-state index in [2.05, 4.69) is 35.9 Å². The lowest BCUT2D eigenvalue weighted by molar-refractivity contribution is -0.122. The Labute approximate surface area is 124 Å². The number of carbonyl (C=O) groups excluding carboxylic acids is 1. The summed E-state index contributed by atoms with van der Waals surface area (Å²) >= 11 is 0. The summed E-state index contributed by atoms with van der Waals surface area (Å²) in [5.74, 6) is 0.102.